The zero-order valence-corrected chi connectivity index (χ0v) is 20.8. The molecular formula is C25H29ClN4O5. The van der Waals surface area contributed by atoms with Gasteiger partial charge in [-0.2, -0.15) is 0 Å². The van der Waals surface area contributed by atoms with Gasteiger partial charge in [0, 0.05) is 57.0 Å². The molecule has 1 saturated heterocycles. The maximum Gasteiger partial charge on any atom is 0.409 e. The first-order valence-corrected chi connectivity index (χ1v) is 11.9. The molecule has 3 heterocycles. The maximum absolute atomic E-state index is 13.5. The molecule has 3 aromatic rings. The molecule has 186 valence electrons. The fourth-order valence-corrected chi connectivity index (χ4v) is 4.47. The second-order valence-electron chi connectivity index (χ2n) is 8.23. The average Bonchev–Trinajstić information content (AvgIpc) is 3.29. The number of imidazole rings is 1. The van der Waals surface area contributed by atoms with Crippen LogP contribution in [-0.2, 0) is 9.53 Å². The maximum atomic E-state index is 13.5. The van der Waals surface area contributed by atoms with Gasteiger partial charge in [0.25, 0.3) is 0 Å². The smallest absolute Gasteiger partial charge is 0.409 e. The summed E-state index contributed by atoms with van der Waals surface area (Å²) in [5.74, 6) is 0.915. The van der Waals surface area contributed by atoms with Crippen molar-refractivity contribution in [3.8, 4) is 11.5 Å². The predicted octanol–water partition coefficient (Wildman–Crippen LogP) is 3.83. The fourth-order valence-electron chi connectivity index (χ4n) is 4.31. The number of rotatable bonds is 7. The second-order valence-corrected chi connectivity index (χ2v) is 8.66. The van der Waals surface area contributed by atoms with E-state index in [4.69, 9.17) is 25.8 Å². The van der Waals surface area contributed by atoms with Crippen molar-refractivity contribution in [1.82, 2.24) is 19.2 Å². The van der Waals surface area contributed by atoms with Crippen LogP contribution >= 0.6 is 11.6 Å². The van der Waals surface area contributed by atoms with Crippen molar-refractivity contribution in [2.75, 3.05) is 47.0 Å². The third kappa shape index (κ3) is 5.45. The fraction of sp³-hybridized carbons (Fsp3) is 0.400. The summed E-state index contributed by atoms with van der Waals surface area (Å²) in [5.41, 5.74) is 2.43. The highest BCUT2D eigenvalue weighted by Gasteiger charge is 2.29. The normalized spacial score (nSPS) is 14.6. The third-order valence-electron chi connectivity index (χ3n) is 6.17. The molecule has 0 bridgehead atoms. The molecule has 1 aromatic carbocycles. The van der Waals surface area contributed by atoms with Crippen molar-refractivity contribution in [2.45, 2.75) is 19.3 Å². The number of fused-ring (bicyclic) bond motifs is 1. The van der Waals surface area contributed by atoms with Crippen LogP contribution in [0.2, 0.25) is 5.02 Å². The van der Waals surface area contributed by atoms with E-state index in [1.54, 1.807) is 55.5 Å². The lowest BCUT2D eigenvalue weighted by Gasteiger charge is -2.34. The van der Waals surface area contributed by atoms with E-state index in [2.05, 4.69) is 4.98 Å². The quantitative estimate of drug-likeness (QED) is 0.490. The van der Waals surface area contributed by atoms with Crippen LogP contribution in [0.25, 0.3) is 5.65 Å². The molecule has 2 amide bonds. The highest BCUT2D eigenvalue weighted by Crippen LogP contribution is 2.35. The number of halogens is 1. The molecule has 9 nitrogen and oxygen atoms in total. The lowest BCUT2D eigenvalue weighted by atomic mass is 9.91. The van der Waals surface area contributed by atoms with Gasteiger partial charge in [0.05, 0.1) is 31.5 Å². The Morgan fingerprint density at radius 2 is 1.69 bits per heavy atom. The Bertz CT molecular complexity index is 1180. The standard InChI is InChI=1S/C25H29ClN4O5/c1-4-35-25(32)29-9-7-28(8-10-29)24(31)14-21(17-11-19(33-2)13-20(12-17)34-3)22-15-27-23-6-5-18(26)16-30(22)23/h5-6,11-13,15-16,21H,4,7-10,14H2,1-3H3. The van der Waals surface area contributed by atoms with Crippen molar-refractivity contribution in [3.63, 3.8) is 0 Å². The number of aromatic nitrogens is 2. The van der Waals surface area contributed by atoms with E-state index in [-0.39, 0.29) is 24.3 Å². The summed E-state index contributed by atoms with van der Waals surface area (Å²) in [6.07, 6.45) is 3.43. The summed E-state index contributed by atoms with van der Waals surface area (Å²) >= 11 is 6.28. The number of carbonyl (C=O) groups excluding carboxylic acids is 2. The Morgan fingerprint density at radius 1 is 1.03 bits per heavy atom. The number of carbonyl (C=O) groups is 2. The SMILES string of the molecule is CCOC(=O)N1CCN(C(=O)CC(c2cc(OC)cc(OC)c2)c2cnc3ccc(Cl)cn23)CC1. The molecule has 1 atom stereocenters. The molecule has 10 heteroatoms. The Balaban J connectivity index is 1.64. The van der Waals surface area contributed by atoms with Crippen LogP contribution in [0.3, 0.4) is 0 Å². The molecule has 0 radical (unpaired) electrons. The van der Waals surface area contributed by atoms with Crippen molar-refractivity contribution < 1.29 is 23.8 Å². The van der Waals surface area contributed by atoms with Gasteiger partial charge < -0.3 is 28.4 Å². The Hall–Kier alpha value is -3.46. The Labute approximate surface area is 209 Å². The summed E-state index contributed by atoms with van der Waals surface area (Å²) in [5, 5.41) is 0.570. The number of nitrogens with zero attached hydrogens (tertiary/aromatic N) is 4. The second kappa shape index (κ2) is 10.9. The Kier molecular flexibility index (Phi) is 7.65. The summed E-state index contributed by atoms with van der Waals surface area (Å²) in [6.45, 7) is 3.88. The van der Waals surface area contributed by atoms with E-state index >= 15 is 0 Å². The molecule has 1 aliphatic heterocycles. The van der Waals surface area contributed by atoms with Crippen molar-refractivity contribution in [2.24, 2.45) is 0 Å². The van der Waals surface area contributed by atoms with Gasteiger partial charge >= 0.3 is 6.09 Å². The lowest BCUT2D eigenvalue weighted by molar-refractivity contribution is -0.133. The zero-order valence-electron chi connectivity index (χ0n) is 20.1. The van der Waals surface area contributed by atoms with Gasteiger partial charge in [-0.25, -0.2) is 9.78 Å². The van der Waals surface area contributed by atoms with Gasteiger partial charge in [-0.1, -0.05) is 11.6 Å². The number of amides is 2. The summed E-state index contributed by atoms with van der Waals surface area (Å²) in [4.78, 5) is 33.4. The predicted molar refractivity (Wildman–Crippen MR) is 131 cm³/mol. The number of hydrogen-bond donors (Lipinski definition) is 0. The van der Waals surface area contributed by atoms with Crippen LogP contribution in [0.5, 0.6) is 11.5 Å². The summed E-state index contributed by atoms with van der Waals surface area (Å²) < 4.78 is 17.9. The van der Waals surface area contributed by atoms with E-state index < -0.39 is 0 Å². The number of pyridine rings is 1. The van der Waals surface area contributed by atoms with Gasteiger partial charge in [0.15, 0.2) is 0 Å². The zero-order chi connectivity index (χ0) is 24.9. The summed E-state index contributed by atoms with van der Waals surface area (Å²) in [7, 11) is 3.19. The largest absolute Gasteiger partial charge is 0.497 e. The number of ether oxygens (including phenoxy) is 3. The molecular weight excluding hydrogens is 472 g/mol. The van der Waals surface area contributed by atoms with Gasteiger partial charge in [-0.05, 0) is 36.8 Å². The van der Waals surface area contributed by atoms with Gasteiger partial charge in [0.2, 0.25) is 5.91 Å². The molecule has 4 rings (SSSR count). The minimum absolute atomic E-state index is 0.0164. The van der Waals surface area contributed by atoms with Crippen molar-refractivity contribution in [3.05, 3.63) is 59.0 Å². The highest BCUT2D eigenvalue weighted by molar-refractivity contribution is 6.30. The third-order valence-corrected chi connectivity index (χ3v) is 6.39. The van der Waals surface area contributed by atoms with E-state index in [1.165, 1.54) is 0 Å². The van der Waals surface area contributed by atoms with Crippen LogP contribution in [0.1, 0.15) is 30.5 Å². The Morgan fingerprint density at radius 3 is 2.31 bits per heavy atom. The van der Waals surface area contributed by atoms with Gasteiger partial charge in [-0.15, -0.1) is 0 Å². The van der Waals surface area contributed by atoms with E-state index in [1.807, 2.05) is 22.6 Å². The molecule has 0 N–H and O–H groups in total. The number of piperazine rings is 1. The van der Waals surface area contributed by atoms with Crippen molar-refractivity contribution in [1.29, 1.82) is 0 Å². The van der Waals surface area contributed by atoms with Crippen molar-refractivity contribution >= 4 is 29.2 Å². The highest BCUT2D eigenvalue weighted by atomic mass is 35.5. The van der Waals surface area contributed by atoms with Gasteiger partial charge in [-0.3, -0.25) is 4.79 Å². The first-order valence-electron chi connectivity index (χ1n) is 11.5. The summed E-state index contributed by atoms with van der Waals surface area (Å²) in [6, 6.07) is 9.23. The minimum atomic E-state index is -0.344. The van der Waals surface area contributed by atoms with Crippen LogP contribution in [0.15, 0.2) is 42.7 Å². The van der Waals surface area contributed by atoms with Crippen LogP contribution in [0, 0.1) is 0 Å². The monoisotopic (exact) mass is 500 g/mol. The number of methoxy groups -OCH3 is 2. The van der Waals surface area contributed by atoms with Gasteiger partial charge in [0.1, 0.15) is 17.1 Å². The van der Waals surface area contributed by atoms with Crippen LogP contribution < -0.4 is 9.47 Å². The first kappa shape index (κ1) is 24.7. The average molecular weight is 501 g/mol. The molecule has 0 saturated carbocycles. The topological polar surface area (TPSA) is 85.6 Å². The molecule has 2 aromatic heterocycles. The van der Waals surface area contributed by atoms with E-state index in [0.717, 1.165) is 16.9 Å². The molecule has 35 heavy (non-hydrogen) atoms. The number of hydrogen-bond acceptors (Lipinski definition) is 6. The molecule has 0 aliphatic carbocycles. The number of benzene rings is 1. The lowest BCUT2D eigenvalue weighted by Crippen LogP contribution is -2.51. The molecule has 1 fully saturated rings. The minimum Gasteiger partial charge on any atom is -0.497 e. The van der Waals surface area contributed by atoms with E-state index in [0.29, 0.717) is 49.3 Å². The van der Waals surface area contributed by atoms with E-state index in [9.17, 15) is 9.59 Å². The molecule has 1 unspecified atom stereocenters. The van der Waals surface area contributed by atoms with Crippen LogP contribution in [0.4, 0.5) is 4.79 Å². The van der Waals surface area contributed by atoms with Crippen LogP contribution in [-0.4, -0.2) is 78.2 Å². The molecule has 0 spiro atoms. The molecule has 1 aliphatic rings. The first-order chi connectivity index (χ1) is 16.9.